The molecule has 0 aliphatic carbocycles. The Labute approximate surface area is 152 Å². The number of hydrogen-bond acceptors (Lipinski definition) is 3. The first-order valence-electron chi connectivity index (χ1n) is 7.79. The molecule has 0 saturated carbocycles. The Morgan fingerprint density at radius 3 is 2.08 bits per heavy atom. The van der Waals surface area contributed by atoms with Gasteiger partial charge in [0.1, 0.15) is 16.4 Å². The van der Waals surface area contributed by atoms with Crippen molar-refractivity contribution >= 4 is 17.2 Å². The second-order valence-electron chi connectivity index (χ2n) is 5.71. The highest BCUT2D eigenvalue weighted by molar-refractivity contribution is 7.17. The Bertz CT molecular complexity index is 892. The largest absolute Gasteiger partial charge is 0.406 e. The number of rotatable bonds is 4. The Kier molecular flexibility index (Phi) is 5.08. The lowest BCUT2D eigenvalue weighted by Crippen LogP contribution is -2.35. The molecule has 3 rings (SSSR count). The molecule has 134 valence electrons. The summed E-state index contributed by atoms with van der Waals surface area (Å²) in [6.45, 7) is -1.31. The maximum atomic E-state index is 12.7. The summed E-state index contributed by atoms with van der Waals surface area (Å²) in [6, 6.07) is 18.2. The van der Waals surface area contributed by atoms with Crippen LogP contribution in [-0.2, 0) is 0 Å². The van der Waals surface area contributed by atoms with Gasteiger partial charge in [0.25, 0.3) is 5.91 Å². The van der Waals surface area contributed by atoms with Crippen LogP contribution in [0.2, 0.25) is 0 Å². The van der Waals surface area contributed by atoms with Crippen molar-refractivity contribution in [3.05, 3.63) is 65.5 Å². The molecule has 3 nitrogen and oxygen atoms in total. The topological polar surface area (TPSA) is 33.2 Å². The third kappa shape index (κ3) is 4.11. The van der Waals surface area contributed by atoms with Gasteiger partial charge in [0.05, 0.1) is 5.69 Å². The van der Waals surface area contributed by atoms with Gasteiger partial charge in [-0.2, -0.15) is 13.2 Å². The lowest BCUT2D eigenvalue weighted by Gasteiger charge is -2.18. The van der Waals surface area contributed by atoms with Crippen molar-refractivity contribution in [1.82, 2.24) is 9.88 Å². The number of alkyl halides is 3. The first-order valence-corrected chi connectivity index (χ1v) is 8.60. The molecule has 2 aromatic carbocycles. The molecule has 0 fully saturated rings. The molecular weight excluding hydrogens is 361 g/mol. The predicted octanol–water partition coefficient (Wildman–Crippen LogP) is 5.11. The SMILES string of the molecule is CN(CC(F)(F)F)C(=O)c1sc(-c2ccccc2)nc1-c1ccccc1. The summed E-state index contributed by atoms with van der Waals surface area (Å²) in [5.74, 6) is -0.694. The van der Waals surface area contributed by atoms with E-state index in [0.717, 1.165) is 23.9 Å². The number of aromatic nitrogens is 1. The van der Waals surface area contributed by atoms with Crippen LogP contribution in [0.4, 0.5) is 13.2 Å². The Hall–Kier alpha value is -2.67. The lowest BCUT2D eigenvalue weighted by atomic mass is 10.1. The molecule has 0 N–H and O–H groups in total. The Morgan fingerprint density at radius 2 is 1.54 bits per heavy atom. The quantitative estimate of drug-likeness (QED) is 0.634. The summed E-state index contributed by atoms with van der Waals surface area (Å²) in [4.78, 5) is 18.1. The van der Waals surface area contributed by atoms with Crippen molar-refractivity contribution in [3.63, 3.8) is 0 Å². The number of hydrogen-bond donors (Lipinski definition) is 0. The number of halogens is 3. The number of carbonyl (C=O) groups is 1. The van der Waals surface area contributed by atoms with Crippen LogP contribution in [0.25, 0.3) is 21.8 Å². The second kappa shape index (κ2) is 7.29. The van der Waals surface area contributed by atoms with Crippen LogP contribution in [-0.4, -0.2) is 35.6 Å². The molecule has 0 atom stereocenters. The standard InChI is InChI=1S/C19H15F3N2OS/c1-24(12-19(20,21)22)18(25)16-15(13-8-4-2-5-9-13)23-17(26-16)14-10-6-3-7-11-14/h2-11H,12H2,1H3. The monoisotopic (exact) mass is 376 g/mol. The van der Waals surface area contributed by atoms with Crippen LogP contribution in [0, 0.1) is 0 Å². The fraction of sp³-hybridized carbons (Fsp3) is 0.158. The van der Waals surface area contributed by atoms with Crippen LogP contribution in [0.1, 0.15) is 9.67 Å². The van der Waals surface area contributed by atoms with Crippen molar-refractivity contribution in [2.75, 3.05) is 13.6 Å². The smallest absolute Gasteiger partial charge is 0.332 e. The second-order valence-corrected chi connectivity index (χ2v) is 6.70. The molecule has 1 aromatic heterocycles. The maximum absolute atomic E-state index is 12.7. The number of benzene rings is 2. The van der Waals surface area contributed by atoms with Crippen molar-refractivity contribution in [2.45, 2.75) is 6.18 Å². The highest BCUT2D eigenvalue weighted by Gasteiger charge is 2.33. The van der Waals surface area contributed by atoms with E-state index >= 15 is 0 Å². The molecule has 0 aliphatic rings. The van der Waals surface area contributed by atoms with E-state index in [0.29, 0.717) is 21.2 Å². The van der Waals surface area contributed by atoms with Gasteiger partial charge in [-0.05, 0) is 0 Å². The van der Waals surface area contributed by atoms with Gasteiger partial charge < -0.3 is 4.90 Å². The van der Waals surface area contributed by atoms with E-state index in [1.54, 1.807) is 24.3 Å². The molecule has 0 aliphatic heterocycles. The Balaban J connectivity index is 2.05. The third-order valence-electron chi connectivity index (χ3n) is 3.65. The van der Waals surface area contributed by atoms with Gasteiger partial charge in [-0.1, -0.05) is 60.7 Å². The number of carbonyl (C=O) groups excluding carboxylic acids is 1. The fourth-order valence-corrected chi connectivity index (χ4v) is 3.56. The maximum Gasteiger partial charge on any atom is 0.406 e. The zero-order valence-corrected chi connectivity index (χ0v) is 14.6. The average molecular weight is 376 g/mol. The van der Waals surface area contributed by atoms with E-state index in [4.69, 9.17) is 0 Å². The molecule has 0 spiro atoms. The highest BCUT2D eigenvalue weighted by atomic mass is 32.1. The predicted molar refractivity (Wildman–Crippen MR) is 96.0 cm³/mol. The zero-order valence-electron chi connectivity index (χ0n) is 13.8. The van der Waals surface area contributed by atoms with E-state index in [1.165, 1.54) is 0 Å². The number of nitrogens with zero attached hydrogens (tertiary/aromatic N) is 2. The van der Waals surface area contributed by atoms with Crippen LogP contribution >= 0.6 is 11.3 Å². The van der Waals surface area contributed by atoms with Gasteiger partial charge in [-0.15, -0.1) is 11.3 Å². The van der Waals surface area contributed by atoms with Crippen molar-refractivity contribution in [3.8, 4) is 21.8 Å². The summed E-state index contributed by atoms with van der Waals surface area (Å²) in [5.41, 5.74) is 1.90. The van der Waals surface area contributed by atoms with E-state index < -0.39 is 18.6 Å². The normalized spacial score (nSPS) is 11.4. The van der Waals surface area contributed by atoms with E-state index in [-0.39, 0.29) is 4.88 Å². The molecule has 0 radical (unpaired) electrons. The molecule has 0 saturated heterocycles. The molecule has 26 heavy (non-hydrogen) atoms. The van der Waals surface area contributed by atoms with Gasteiger partial charge >= 0.3 is 6.18 Å². The molecule has 0 bridgehead atoms. The van der Waals surface area contributed by atoms with Crippen LogP contribution in [0.15, 0.2) is 60.7 Å². The molecular formula is C19H15F3N2OS. The number of amides is 1. The van der Waals surface area contributed by atoms with Gasteiger partial charge in [0, 0.05) is 18.2 Å². The number of thiazole rings is 1. The summed E-state index contributed by atoms with van der Waals surface area (Å²) < 4.78 is 38.0. The zero-order chi connectivity index (χ0) is 18.7. The summed E-state index contributed by atoms with van der Waals surface area (Å²) in [6.07, 6.45) is -4.45. The van der Waals surface area contributed by atoms with E-state index in [1.807, 2.05) is 36.4 Å². The van der Waals surface area contributed by atoms with Gasteiger partial charge in [-0.3, -0.25) is 4.79 Å². The van der Waals surface area contributed by atoms with E-state index in [2.05, 4.69) is 4.98 Å². The molecule has 1 heterocycles. The summed E-state index contributed by atoms with van der Waals surface area (Å²) in [7, 11) is 1.15. The van der Waals surface area contributed by atoms with E-state index in [9.17, 15) is 18.0 Å². The first-order chi connectivity index (χ1) is 12.3. The highest BCUT2D eigenvalue weighted by Crippen LogP contribution is 2.34. The fourth-order valence-electron chi connectivity index (χ4n) is 2.48. The van der Waals surface area contributed by atoms with Crippen molar-refractivity contribution < 1.29 is 18.0 Å². The molecule has 0 unspecified atom stereocenters. The minimum Gasteiger partial charge on any atom is -0.332 e. The molecule has 3 aromatic rings. The van der Waals surface area contributed by atoms with Gasteiger partial charge in [0.2, 0.25) is 0 Å². The average Bonchev–Trinajstić information content (AvgIpc) is 3.06. The van der Waals surface area contributed by atoms with Gasteiger partial charge in [-0.25, -0.2) is 4.98 Å². The molecule has 7 heteroatoms. The minimum absolute atomic E-state index is 0.196. The lowest BCUT2D eigenvalue weighted by molar-refractivity contribution is -0.138. The van der Waals surface area contributed by atoms with Crippen molar-refractivity contribution in [1.29, 1.82) is 0 Å². The summed E-state index contributed by atoms with van der Waals surface area (Å²) >= 11 is 1.10. The summed E-state index contributed by atoms with van der Waals surface area (Å²) in [5, 5.41) is 0.591. The Morgan fingerprint density at radius 1 is 1.00 bits per heavy atom. The van der Waals surface area contributed by atoms with Crippen LogP contribution in [0.3, 0.4) is 0 Å². The van der Waals surface area contributed by atoms with Crippen LogP contribution < -0.4 is 0 Å². The van der Waals surface area contributed by atoms with Crippen molar-refractivity contribution in [2.24, 2.45) is 0 Å². The first kappa shape index (κ1) is 18.1. The van der Waals surface area contributed by atoms with Crippen LogP contribution in [0.5, 0.6) is 0 Å². The minimum atomic E-state index is -4.45. The van der Waals surface area contributed by atoms with Gasteiger partial charge in [0.15, 0.2) is 0 Å². The molecule has 1 amide bonds. The third-order valence-corrected chi connectivity index (χ3v) is 4.74.